The minimum Gasteiger partial charge on any atom is -0.480 e. The number of ether oxygens (including phenoxy) is 1. The Bertz CT molecular complexity index is 942. The maximum absolute atomic E-state index is 12.7. The van der Waals surface area contributed by atoms with Crippen LogP contribution in [0.5, 0.6) is 0 Å². The van der Waals surface area contributed by atoms with Crippen molar-refractivity contribution in [1.29, 1.82) is 0 Å². The van der Waals surface area contributed by atoms with Crippen LogP contribution in [0.25, 0.3) is 11.1 Å². The maximum Gasteiger partial charge on any atom is 0.407 e. The van der Waals surface area contributed by atoms with Crippen molar-refractivity contribution in [3.05, 3.63) is 59.7 Å². The van der Waals surface area contributed by atoms with Crippen molar-refractivity contribution in [2.45, 2.75) is 38.8 Å². The number of fused-ring (bicyclic) bond motifs is 3. The smallest absolute Gasteiger partial charge is 0.407 e. The summed E-state index contributed by atoms with van der Waals surface area (Å²) in [6, 6.07) is 14.2. The molecule has 2 amide bonds. The van der Waals surface area contributed by atoms with Crippen LogP contribution in [-0.4, -0.2) is 53.7 Å². The molecule has 1 aliphatic rings. The number of hydrogen-bond donors (Lipinski definition) is 2. The van der Waals surface area contributed by atoms with E-state index < -0.39 is 30.1 Å². The summed E-state index contributed by atoms with van der Waals surface area (Å²) in [5, 5.41) is 11.8. The highest BCUT2D eigenvalue weighted by molar-refractivity contribution is 5.89. The number of likely N-dealkylation sites (N-methyl/N-ethyl adjacent to an activating group) is 1. The van der Waals surface area contributed by atoms with Gasteiger partial charge in [-0.25, -0.2) is 9.59 Å². The highest BCUT2D eigenvalue weighted by Crippen LogP contribution is 2.44. The number of aliphatic carboxylic acids is 1. The number of benzene rings is 2. The van der Waals surface area contributed by atoms with Gasteiger partial charge in [-0.3, -0.25) is 4.79 Å². The van der Waals surface area contributed by atoms with E-state index in [0.29, 0.717) is 0 Å². The predicted molar refractivity (Wildman–Crippen MR) is 117 cm³/mol. The largest absolute Gasteiger partial charge is 0.480 e. The number of nitrogens with one attached hydrogen (secondary N) is 1. The van der Waals surface area contributed by atoms with Gasteiger partial charge < -0.3 is 20.1 Å². The quantitative estimate of drug-likeness (QED) is 0.709. The second kappa shape index (κ2) is 9.20. The third-order valence-electron chi connectivity index (χ3n) is 5.84. The summed E-state index contributed by atoms with van der Waals surface area (Å²) in [4.78, 5) is 37.6. The molecule has 0 bridgehead atoms. The van der Waals surface area contributed by atoms with E-state index in [9.17, 15) is 14.4 Å². The minimum absolute atomic E-state index is 0.0824. The van der Waals surface area contributed by atoms with Gasteiger partial charge in [0.05, 0.1) is 0 Å². The monoisotopic (exact) mass is 424 g/mol. The summed E-state index contributed by atoms with van der Waals surface area (Å²) in [7, 11) is 1.41. The molecule has 2 aromatic rings. The van der Waals surface area contributed by atoms with E-state index >= 15 is 0 Å². The molecule has 2 aromatic carbocycles. The fourth-order valence-electron chi connectivity index (χ4n) is 3.86. The van der Waals surface area contributed by atoms with E-state index in [1.54, 1.807) is 13.8 Å². The molecule has 1 aliphatic carbocycles. The SMILES string of the molecule is CC(C)C(NC(=O)OCC1c2ccccc2-c2ccccc21)C(=O)N(C)C(C)C(=O)O. The Labute approximate surface area is 182 Å². The van der Waals surface area contributed by atoms with Crippen LogP contribution in [-0.2, 0) is 14.3 Å². The van der Waals surface area contributed by atoms with E-state index in [4.69, 9.17) is 9.84 Å². The highest BCUT2D eigenvalue weighted by Gasteiger charge is 2.33. The molecule has 0 radical (unpaired) electrons. The first-order valence-electron chi connectivity index (χ1n) is 10.3. The van der Waals surface area contributed by atoms with Gasteiger partial charge in [0.25, 0.3) is 0 Å². The van der Waals surface area contributed by atoms with Crippen LogP contribution in [0.15, 0.2) is 48.5 Å². The second-order valence-corrected chi connectivity index (χ2v) is 8.15. The van der Waals surface area contributed by atoms with Crippen LogP contribution in [0, 0.1) is 5.92 Å². The summed E-state index contributed by atoms with van der Waals surface area (Å²) in [6.07, 6.45) is -0.703. The van der Waals surface area contributed by atoms with Crippen LogP contribution in [0.2, 0.25) is 0 Å². The van der Waals surface area contributed by atoms with Crippen LogP contribution in [0.3, 0.4) is 0 Å². The van der Waals surface area contributed by atoms with Gasteiger partial charge in [0.2, 0.25) is 5.91 Å². The van der Waals surface area contributed by atoms with Crippen molar-refractivity contribution in [1.82, 2.24) is 10.2 Å². The lowest BCUT2D eigenvalue weighted by molar-refractivity contribution is -0.149. The Kier molecular flexibility index (Phi) is 6.63. The first kappa shape index (κ1) is 22.3. The lowest BCUT2D eigenvalue weighted by Gasteiger charge is -2.29. The summed E-state index contributed by atoms with van der Waals surface area (Å²) >= 11 is 0. The molecule has 0 heterocycles. The van der Waals surface area contributed by atoms with Gasteiger partial charge in [-0.05, 0) is 35.1 Å². The van der Waals surface area contributed by atoms with E-state index in [1.165, 1.54) is 14.0 Å². The average Bonchev–Trinajstić information content (AvgIpc) is 3.08. The van der Waals surface area contributed by atoms with Gasteiger partial charge in [-0.1, -0.05) is 62.4 Å². The van der Waals surface area contributed by atoms with Gasteiger partial charge in [-0.15, -0.1) is 0 Å². The van der Waals surface area contributed by atoms with E-state index in [1.807, 2.05) is 36.4 Å². The number of carboxylic acid groups (broad SMARTS) is 1. The predicted octanol–water partition coefficient (Wildman–Crippen LogP) is 3.48. The van der Waals surface area contributed by atoms with Gasteiger partial charge in [0, 0.05) is 13.0 Å². The minimum atomic E-state index is -1.11. The molecule has 7 nitrogen and oxygen atoms in total. The van der Waals surface area contributed by atoms with Crippen LogP contribution in [0.1, 0.15) is 37.8 Å². The molecule has 0 saturated carbocycles. The molecule has 7 heteroatoms. The van der Waals surface area contributed by atoms with Gasteiger partial charge >= 0.3 is 12.1 Å². The Hall–Kier alpha value is -3.35. The Morgan fingerprint density at radius 2 is 1.52 bits per heavy atom. The normalized spacial score (nSPS) is 14.4. The molecule has 0 aromatic heterocycles. The summed E-state index contributed by atoms with van der Waals surface area (Å²) in [5.74, 6) is -1.91. The Balaban J connectivity index is 1.69. The fourth-order valence-corrected chi connectivity index (χ4v) is 3.86. The molecule has 2 atom stereocenters. The molecule has 2 N–H and O–H groups in total. The van der Waals surface area contributed by atoms with Crippen molar-refractivity contribution in [2.75, 3.05) is 13.7 Å². The third-order valence-corrected chi connectivity index (χ3v) is 5.84. The Morgan fingerprint density at radius 1 is 1.00 bits per heavy atom. The molecule has 164 valence electrons. The molecule has 0 saturated heterocycles. The summed E-state index contributed by atoms with van der Waals surface area (Å²) < 4.78 is 5.52. The number of nitrogens with zero attached hydrogens (tertiary/aromatic N) is 1. The number of amides is 2. The summed E-state index contributed by atoms with van der Waals surface area (Å²) in [6.45, 7) is 5.13. The molecule has 0 aliphatic heterocycles. The van der Waals surface area contributed by atoms with E-state index in [0.717, 1.165) is 27.2 Å². The topological polar surface area (TPSA) is 95.9 Å². The van der Waals surface area contributed by atoms with Crippen molar-refractivity contribution < 1.29 is 24.2 Å². The number of alkyl carbamates (subject to hydrolysis) is 1. The standard InChI is InChI=1S/C24H28N2O5/c1-14(2)21(22(27)26(4)15(3)23(28)29)25-24(30)31-13-20-18-11-7-5-9-16(18)17-10-6-8-12-19(17)20/h5-12,14-15,20-21H,13H2,1-4H3,(H,25,30)(H,28,29). The zero-order chi connectivity index (χ0) is 22.7. The number of hydrogen-bond acceptors (Lipinski definition) is 4. The first-order valence-corrected chi connectivity index (χ1v) is 10.3. The zero-order valence-electron chi connectivity index (χ0n) is 18.2. The van der Waals surface area contributed by atoms with Crippen molar-refractivity contribution in [2.24, 2.45) is 5.92 Å². The van der Waals surface area contributed by atoms with Crippen molar-refractivity contribution >= 4 is 18.0 Å². The molecule has 0 spiro atoms. The number of carbonyl (C=O) groups is 3. The number of carbonyl (C=O) groups excluding carboxylic acids is 2. The third kappa shape index (κ3) is 4.55. The molecule has 3 rings (SSSR count). The first-order chi connectivity index (χ1) is 14.7. The van der Waals surface area contributed by atoms with Crippen LogP contribution >= 0.6 is 0 Å². The average molecular weight is 424 g/mol. The fraction of sp³-hybridized carbons (Fsp3) is 0.375. The van der Waals surface area contributed by atoms with Crippen LogP contribution < -0.4 is 5.32 Å². The molecular formula is C24H28N2O5. The Morgan fingerprint density at radius 3 is 2.00 bits per heavy atom. The molecule has 31 heavy (non-hydrogen) atoms. The van der Waals surface area contributed by atoms with Crippen LogP contribution in [0.4, 0.5) is 4.79 Å². The lowest BCUT2D eigenvalue weighted by atomic mass is 9.98. The second-order valence-electron chi connectivity index (χ2n) is 8.15. The molecular weight excluding hydrogens is 396 g/mol. The van der Waals surface area contributed by atoms with Crippen molar-refractivity contribution in [3.8, 4) is 11.1 Å². The highest BCUT2D eigenvalue weighted by atomic mass is 16.5. The molecule has 0 fully saturated rings. The van der Waals surface area contributed by atoms with E-state index in [-0.39, 0.29) is 18.4 Å². The zero-order valence-corrected chi connectivity index (χ0v) is 18.2. The van der Waals surface area contributed by atoms with Gasteiger partial charge in [-0.2, -0.15) is 0 Å². The maximum atomic E-state index is 12.7. The van der Waals surface area contributed by atoms with E-state index in [2.05, 4.69) is 17.4 Å². The van der Waals surface area contributed by atoms with Crippen molar-refractivity contribution in [3.63, 3.8) is 0 Å². The number of carboxylic acids is 1. The summed E-state index contributed by atoms with van der Waals surface area (Å²) in [5.41, 5.74) is 4.46. The van der Waals surface area contributed by atoms with Gasteiger partial charge in [0.1, 0.15) is 18.7 Å². The molecule has 2 unspecified atom stereocenters. The van der Waals surface area contributed by atoms with Gasteiger partial charge in [0.15, 0.2) is 0 Å². The number of rotatable bonds is 7. The lowest BCUT2D eigenvalue weighted by Crippen LogP contribution is -2.53.